The van der Waals surface area contributed by atoms with Gasteiger partial charge in [-0.15, -0.1) is 0 Å². The van der Waals surface area contributed by atoms with Crippen LogP contribution in [-0.4, -0.2) is 57.0 Å². The summed E-state index contributed by atoms with van der Waals surface area (Å²) in [4.78, 5) is 32.9. The maximum Gasteiger partial charge on any atom is 0.347 e. The van der Waals surface area contributed by atoms with E-state index in [-0.39, 0.29) is 11.2 Å². The first-order chi connectivity index (χ1) is 13.1. The Labute approximate surface area is 159 Å². The predicted molar refractivity (Wildman–Crippen MR) is 105 cm³/mol. The summed E-state index contributed by atoms with van der Waals surface area (Å²) < 4.78 is 2.61. The molecule has 3 heterocycles. The van der Waals surface area contributed by atoms with Gasteiger partial charge in [-0.2, -0.15) is 5.10 Å². The second-order valence-electron chi connectivity index (χ2n) is 6.93. The first kappa shape index (κ1) is 19.3. The fourth-order valence-electron chi connectivity index (χ4n) is 3.39. The lowest BCUT2D eigenvalue weighted by molar-refractivity contribution is 0.250. The molecule has 0 atom stereocenters. The lowest BCUT2D eigenvalue weighted by atomic mass is 10.2. The smallest absolute Gasteiger partial charge is 0.347 e. The zero-order valence-electron chi connectivity index (χ0n) is 16.2. The van der Waals surface area contributed by atoms with Crippen LogP contribution in [-0.2, 0) is 13.1 Å². The van der Waals surface area contributed by atoms with Crippen LogP contribution in [0.4, 0.5) is 5.69 Å². The maximum atomic E-state index is 12.2. The number of pyridine rings is 1. The second kappa shape index (κ2) is 8.94. The first-order valence-electron chi connectivity index (χ1n) is 9.65. The topological polar surface area (TPSA) is 76.3 Å². The highest BCUT2D eigenvalue weighted by molar-refractivity contribution is 5.44. The van der Waals surface area contributed by atoms with Gasteiger partial charge >= 0.3 is 5.69 Å². The predicted octanol–water partition coefficient (Wildman–Crippen LogP) is 0.731. The molecule has 2 aromatic rings. The molecule has 1 aliphatic heterocycles. The van der Waals surface area contributed by atoms with Gasteiger partial charge in [0.1, 0.15) is 6.20 Å². The molecular formula is C19H28N6O2. The van der Waals surface area contributed by atoms with E-state index in [0.29, 0.717) is 13.1 Å². The lowest BCUT2D eigenvalue weighted by Gasteiger charge is -2.36. The molecular weight excluding hydrogens is 344 g/mol. The third-order valence-corrected chi connectivity index (χ3v) is 5.07. The number of unbranched alkanes of at least 4 members (excludes halogenated alkanes) is 1. The van der Waals surface area contributed by atoms with E-state index in [0.717, 1.165) is 51.3 Å². The second-order valence-corrected chi connectivity index (χ2v) is 6.93. The van der Waals surface area contributed by atoms with Crippen LogP contribution < -0.4 is 16.1 Å². The molecule has 0 spiro atoms. The van der Waals surface area contributed by atoms with Crippen LogP contribution in [0.1, 0.15) is 25.5 Å². The molecule has 3 rings (SSSR count). The highest BCUT2D eigenvalue weighted by Crippen LogP contribution is 2.15. The largest absolute Gasteiger partial charge is 0.368 e. The van der Waals surface area contributed by atoms with E-state index in [9.17, 15) is 9.59 Å². The van der Waals surface area contributed by atoms with Gasteiger partial charge in [-0.1, -0.05) is 0 Å². The summed E-state index contributed by atoms with van der Waals surface area (Å²) in [6, 6.07) is 4.19. The molecule has 2 aromatic heterocycles. The van der Waals surface area contributed by atoms with Crippen molar-refractivity contribution in [3.05, 3.63) is 51.1 Å². The van der Waals surface area contributed by atoms with Crippen molar-refractivity contribution in [3.8, 4) is 0 Å². The molecule has 0 aliphatic carbocycles. The normalized spacial score (nSPS) is 15.3. The van der Waals surface area contributed by atoms with Crippen LogP contribution in [0.3, 0.4) is 0 Å². The number of anilines is 1. The zero-order chi connectivity index (χ0) is 19.2. The fourth-order valence-corrected chi connectivity index (χ4v) is 3.39. The number of piperazine rings is 1. The van der Waals surface area contributed by atoms with E-state index in [1.54, 1.807) is 6.92 Å². The molecule has 1 aliphatic rings. The minimum absolute atomic E-state index is 0.315. The van der Waals surface area contributed by atoms with Crippen molar-refractivity contribution >= 4 is 5.69 Å². The molecule has 8 nitrogen and oxygen atoms in total. The monoisotopic (exact) mass is 372 g/mol. The van der Waals surface area contributed by atoms with Crippen LogP contribution >= 0.6 is 0 Å². The van der Waals surface area contributed by atoms with Gasteiger partial charge in [0.2, 0.25) is 0 Å². The van der Waals surface area contributed by atoms with Crippen LogP contribution in [0, 0.1) is 6.92 Å². The lowest BCUT2D eigenvalue weighted by Crippen LogP contribution is -2.46. The Morgan fingerprint density at radius 3 is 2.41 bits per heavy atom. The number of aryl methyl sites for hydroxylation is 2. The molecule has 0 unspecified atom stereocenters. The Kier molecular flexibility index (Phi) is 6.39. The Morgan fingerprint density at radius 1 is 1.00 bits per heavy atom. The minimum atomic E-state index is -0.333. The number of hydrogen-bond donors (Lipinski definition) is 0. The van der Waals surface area contributed by atoms with Crippen molar-refractivity contribution < 1.29 is 0 Å². The number of nitrogens with zero attached hydrogens (tertiary/aromatic N) is 6. The number of rotatable bonds is 7. The van der Waals surface area contributed by atoms with Gasteiger partial charge in [-0.3, -0.25) is 19.2 Å². The van der Waals surface area contributed by atoms with Gasteiger partial charge < -0.3 is 4.90 Å². The highest BCUT2D eigenvalue weighted by atomic mass is 16.2. The quantitative estimate of drug-likeness (QED) is 0.667. The third-order valence-electron chi connectivity index (χ3n) is 5.07. The van der Waals surface area contributed by atoms with Crippen LogP contribution in [0.15, 0.2) is 34.1 Å². The van der Waals surface area contributed by atoms with Crippen molar-refractivity contribution in [2.24, 2.45) is 0 Å². The molecule has 0 saturated carbocycles. The minimum Gasteiger partial charge on any atom is -0.368 e. The van der Waals surface area contributed by atoms with Gasteiger partial charge in [0.25, 0.3) is 5.56 Å². The SMILES string of the molecule is CCn1c(=O)cnn(CCCCN2CCN(c3ccc(C)nc3)CC2)c1=O. The van der Waals surface area contributed by atoms with Crippen LogP contribution in [0.5, 0.6) is 0 Å². The summed E-state index contributed by atoms with van der Waals surface area (Å²) in [5, 5.41) is 3.97. The molecule has 1 fully saturated rings. The molecule has 1 saturated heterocycles. The molecule has 0 N–H and O–H groups in total. The molecule has 146 valence electrons. The Bertz CT molecular complexity index is 850. The molecule has 0 radical (unpaired) electrons. The van der Waals surface area contributed by atoms with Crippen molar-refractivity contribution in [1.82, 2.24) is 24.2 Å². The molecule has 27 heavy (non-hydrogen) atoms. The fraction of sp³-hybridized carbons (Fsp3) is 0.579. The van der Waals surface area contributed by atoms with E-state index >= 15 is 0 Å². The van der Waals surface area contributed by atoms with Crippen molar-refractivity contribution in [2.45, 2.75) is 39.8 Å². The summed E-state index contributed by atoms with van der Waals surface area (Å²) in [6.07, 6.45) is 5.05. The molecule has 8 heteroatoms. The van der Waals surface area contributed by atoms with E-state index in [1.807, 2.05) is 13.1 Å². The molecule has 0 aromatic carbocycles. The Balaban J connectivity index is 1.41. The third kappa shape index (κ3) is 4.82. The average Bonchev–Trinajstić information content (AvgIpc) is 2.68. The van der Waals surface area contributed by atoms with Crippen molar-refractivity contribution in [3.63, 3.8) is 0 Å². The van der Waals surface area contributed by atoms with Gasteiger partial charge in [0.05, 0.1) is 11.9 Å². The standard InChI is InChI=1S/C19H28N6O2/c1-3-24-18(26)15-21-25(19(24)27)9-5-4-8-22-10-12-23(13-11-22)17-7-6-16(2)20-14-17/h6-7,14-15H,3-5,8-13H2,1-2H3. The van der Waals surface area contributed by atoms with Gasteiger partial charge in [-0.05, 0) is 45.4 Å². The van der Waals surface area contributed by atoms with Gasteiger partial charge in [-0.25, -0.2) is 9.48 Å². The number of hydrogen-bond acceptors (Lipinski definition) is 6. The van der Waals surface area contributed by atoms with Crippen molar-refractivity contribution in [1.29, 1.82) is 0 Å². The zero-order valence-corrected chi connectivity index (χ0v) is 16.2. The maximum absolute atomic E-state index is 12.2. The first-order valence-corrected chi connectivity index (χ1v) is 9.65. The van der Waals surface area contributed by atoms with Crippen molar-refractivity contribution in [2.75, 3.05) is 37.6 Å². The summed E-state index contributed by atoms with van der Waals surface area (Å²) in [5.41, 5.74) is 1.59. The van der Waals surface area contributed by atoms with E-state index < -0.39 is 0 Å². The Morgan fingerprint density at radius 2 is 1.74 bits per heavy atom. The van der Waals surface area contributed by atoms with Crippen LogP contribution in [0.25, 0.3) is 0 Å². The summed E-state index contributed by atoms with van der Waals surface area (Å²) in [5.74, 6) is 0. The molecule has 0 amide bonds. The van der Waals surface area contributed by atoms with E-state index in [1.165, 1.54) is 21.1 Å². The van der Waals surface area contributed by atoms with E-state index in [2.05, 4.69) is 32.0 Å². The number of aromatic nitrogens is 4. The van der Waals surface area contributed by atoms with Gasteiger partial charge in [0, 0.05) is 45.0 Å². The summed E-state index contributed by atoms with van der Waals surface area (Å²) in [6.45, 7) is 9.82. The highest BCUT2D eigenvalue weighted by Gasteiger charge is 2.17. The van der Waals surface area contributed by atoms with Gasteiger partial charge in [0.15, 0.2) is 0 Å². The summed E-state index contributed by atoms with van der Waals surface area (Å²) in [7, 11) is 0. The average molecular weight is 372 g/mol. The molecule has 0 bridgehead atoms. The Hall–Kier alpha value is -2.48. The summed E-state index contributed by atoms with van der Waals surface area (Å²) >= 11 is 0. The van der Waals surface area contributed by atoms with Crippen LogP contribution in [0.2, 0.25) is 0 Å². The van der Waals surface area contributed by atoms with E-state index in [4.69, 9.17) is 0 Å².